The molecule has 2 aromatic rings. The number of pyridine rings is 1. The summed E-state index contributed by atoms with van der Waals surface area (Å²) in [7, 11) is 1.96. The Morgan fingerprint density at radius 3 is 2.21 bits per heavy atom. The van der Waals surface area contributed by atoms with Crippen molar-refractivity contribution in [2.45, 2.75) is 26.4 Å². The van der Waals surface area contributed by atoms with Crippen LogP contribution in [-0.4, -0.2) is 11.6 Å². The Balaban J connectivity index is 2.24. The number of hydrogen-bond acceptors (Lipinski definition) is 2. The predicted octanol–water partition coefficient (Wildman–Crippen LogP) is 2.43. The topological polar surface area (TPSA) is 34.0 Å². The van der Waals surface area contributed by atoms with Crippen LogP contribution in [0.1, 0.15) is 22.7 Å². The molecule has 19 heavy (non-hydrogen) atoms. The molecule has 0 aliphatic rings. The molecule has 1 unspecified atom stereocenters. The third kappa shape index (κ3) is 3.55. The molecule has 0 aliphatic heterocycles. The van der Waals surface area contributed by atoms with Crippen molar-refractivity contribution in [2.24, 2.45) is 0 Å². The van der Waals surface area contributed by atoms with Gasteiger partial charge in [0.05, 0.1) is 0 Å². The number of nitrogens with zero attached hydrogens (tertiary/aromatic N) is 1. The highest BCUT2D eigenvalue weighted by molar-refractivity contribution is 5.30. The third-order valence-corrected chi connectivity index (χ3v) is 3.25. The Bertz CT molecular complexity index is 576. The van der Waals surface area contributed by atoms with Gasteiger partial charge in [0, 0.05) is 37.1 Å². The zero-order chi connectivity index (χ0) is 13.8. The Labute approximate surface area is 113 Å². The summed E-state index contributed by atoms with van der Waals surface area (Å²) in [6, 6.07) is 10.0. The minimum Gasteiger partial charge on any atom is -0.352 e. The van der Waals surface area contributed by atoms with E-state index in [0.29, 0.717) is 0 Å². The Morgan fingerprint density at radius 1 is 1.11 bits per heavy atom. The normalized spacial score (nSPS) is 12.4. The molecule has 1 atom stereocenters. The van der Waals surface area contributed by atoms with E-state index in [9.17, 15) is 4.79 Å². The number of aromatic nitrogens is 1. The van der Waals surface area contributed by atoms with E-state index in [2.05, 4.69) is 37.4 Å². The Morgan fingerprint density at radius 2 is 1.68 bits per heavy atom. The fraction of sp³-hybridized carbons (Fsp3) is 0.312. The molecular formula is C16H20N2O. The van der Waals surface area contributed by atoms with E-state index in [1.54, 1.807) is 12.1 Å². The first kappa shape index (κ1) is 13.6. The third-order valence-electron chi connectivity index (χ3n) is 3.25. The highest BCUT2D eigenvalue weighted by Gasteiger charge is 2.10. The second kappa shape index (κ2) is 5.85. The fourth-order valence-corrected chi connectivity index (χ4v) is 2.35. The monoisotopic (exact) mass is 256 g/mol. The van der Waals surface area contributed by atoms with Crippen LogP contribution in [0.3, 0.4) is 0 Å². The van der Waals surface area contributed by atoms with Crippen LogP contribution in [0.4, 0.5) is 0 Å². The number of likely N-dealkylation sites (N-methyl/N-ethyl adjacent to an activating group) is 1. The van der Waals surface area contributed by atoms with E-state index in [1.165, 1.54) is 16.7 Å². The average Bonchev–Trinajstić information content (AvgIpc) is 2.37. The maximum atomic E-state index is 11.1. The quantitative estimate of drug-likeness (QED) is 0.911. The second-order valence-corrected chi connectivity index (χ2v) is 4.99. The van der Waals surface area contributed by atoms with Gasteiger partial charge in [-0.25, -0.2) is 0 Å². The number of benzene rings is 1. The molecule has 3 nitrogen and oxygen atoms in total. The Hall–Kier alpha value is -1.87. The van der Waals surface area contributed by atoms with Gasteiger partial charge >= 0.3 is 0 Å². The lowest BCUT2D eigenvalue weighted by atomic mass is 10.0. The van der Waals surface area contributed by atoms with Crippen molar-refractivity contribution in [2.75, 3.05) is 7.05 Å². The molecule has 0 spiro atoms. The van der Waals surface area contributed by atoms with E-state index < -0.39 is 0 Å². The smallest absolute Gasteiger partial charge is 0.181 e. The van der Waals surface area contributed by atoms with Gasteiger partial charge in [0.15, 0.2) is 5.43 Å². The number of rotatable bonds is 4. The lowest BCUT2D eigenvalue weighted by Gasteiger charge is -2.19. The molecule has 1 N–H and O–H groups in total. The average molecular weight is 256 g/mol. The number of nitrogens with one attached hydrogen (secondary N) is 1. The summed E-state index contributed by atoms with van der Waals surface area (Å²) in [5, 5.41) is 3.34. The van der Waals surface area contributed by atoms with Gasteiger partial charge in [0.25, 0.3) is 0 Å². The maximum absolute atomic E-state index is 11.1. The van der Waals surface area contributed by atoms with Gasteiger partial charge in [0.1, 0.15) is 0 Å². The minimum absolute atomic E-state index is 0.0451. The standard InChI is InChI=1S/C16H20N2O/c1-12-8-13(2)10-14(9-12)16(17-3)11-18-6-4-15(19)5-7-18/h4-10,16-17H,11H2,1-3H3. The highest BCUT2D eigenvalue weighted by Crippen LogP contribution is 2.18. The molecule has 2 rings (SSSR count). The molecule has 1 aromatic heterocycles. The van der Waals surface area contributed by atoms with Gasteiger partial charge in [-0.15, -0.1) is 0 Å². The Kier molecular flexibility index (Phi) is 4.17. The summed E-state index contributed by atoms with van der Waals surface area (Å²) >= 11 is 0. The van der Waals surface area contributed by atoms with Crippen molar-refractivity contribution >= 4 is 0 Å². The summed E-state index contributed by atoms with van der Waals surface area (Å²) in [5.74, 6) is 0. The van der Waals surface area contributed by atoms with Gasteiger partial charge in [-0.3, -0.25) is 4.79 Å². The van der Waals surface area contributed by atoms with Crippen LogP contribution in [0.5, 0.6) is 0 Å². The van der Waals surface area contributed by atoms with E-state index in [0.717, 1.165) is 6.54 Å². The molecular weight excluding hydrogens is 236 g/mol. The minimum atomic E-state index is 0.0451. The van der Waals surface area contributed by atoms with Gasteiger partial charge in [0.2, 0.25) is 0 Å². The van der Waals surface area contributed by atoms with Crippen molar-refractivity contribution in [1.82, 2.24) is 9.88 Å². The van der Waals surface area contributed by atoms with Crippen LogP contribution in [0, 0.1) is 13.8 Å². The molecule has 100 valence electrons. The molecule has 0 bridgehead atoms. The van der Waals surface area contributed by atoms with Crippen LogP contribution in [-0.2, 0) is 6.54 Å². The van der Waals surface area contributed by atoms with E-state index in [1.807, 2.05) is 24.0 Å². The van der Waals surface area contributed by atoms with Crippen molar-refractivity contribution in [3.05, 3.63) is 69.6 Å². The van der Waals surface area contributed by atoms with E-state index >= 15 is 0 Å². The zero-order valence-electron chi connectivity index (χ0n) is 11.7. The lowest BCUT2D eigenvalue weighted by Crippen LogP contribution is -2.22. The predicted molar refractivity (Wildman–Crippen MR) is 78.4 cm³/mol. The van der Waals surface area contributed by atoms with Crippen molar-refractivity contribution in [3.63, 3.8) is 0 Å². The lowest BCUT2D eigenvalue weighted by molar-refractivity contribution is 0.498. The van der Waals surface area contributed by atoms with Crippen LogP contribution in [0.25, 0.3) is 0 Å². The molecule has 0 radical (unpaired) electrons. The first-order chi connectivity index (χ1) is 9.08. The summed E-state index contributed by atoms with van der Waals surface area (Å²) < 4.78 is 2.03. The van der Waals surface area contributed by atoms with Gasteiger partial charge in [-0.1, -0.05) is 29.3 Å². The first-order valence-corrected chi connectivity index (χ1v) is 6.50. The molecule has 3 heteroatoms. The van der Waals surface area contributed by atoms with Crippen molar-refractivity contribution in [1.29, 1.82) is 0 Å². The van der Waals surface area contributed by atoms with Crippen molar-refractivity contribution < 1.29 is 0 Å². The van der Waals surface area contributed by atoms with E-state index in [-0.39, 0.29) is 11.5 Å². The number of aryl methyl sites for hydroxylation is 2. The van der Waals surface area contributed by atoms with Gasteiger partial charge < -0.3 is 9.88 Å². The largest absolute Gasteiger partial charge is 0.352 e. The van der Waals surface area contributed by atoms with Crippen LogP contribution < -0.4 is 10.7 Å². The fourth-order valence-electron chi connectivity index (χ4n) is 2.35. The first-order valence-electron chi connectivity index (χ1n) is 6.50. The van der Waals surface area contributed by atoms with Gasteiger partial charge in [-0.2, -0.15) is 0 Å². The van der Waals surface area contributed by atoms with Crippen LogP contribution in [0.15, 0.2) is 47.5 Å². The highest BCUT2D eigenvalue weighted by atomic mass is 16.1. The van der Waals surface area contributed by atoms with Gasteiger partial charge in [-0.05, 0) is 26.5 Å². The summed E-state index contributed by atoms with van der Waals surface area (Å²) in [4.78, 5) is 11.1. The molecule has 1 aromatic carbocycles. The molecule has 0 fully saturated rings. The molecule has 0 amide bonds. The molecule has 1 heterocycles. The molecule has 0 aliphatic carbocycles. The summed E-state index contributed by atoms with van der Waals surface area (Å²) in [6.45, 7) is 5.03. The summed E-state index contributed by atoms with van der Waals surface area (Å²) in [5.41, 5.74) is 3.87. The summed E-state index contributed by atoms with van der Waals surface area (Å²) in [6.07, 6.45) is 3.66. The molecule has 0 saturated carbocycles. The van der Waals surface area contributed by atoms with Crippen LogP contribution >= 0.6 is 0 Å². The maximum Gasteiger partial charge on any atom is 0.181 e. The second-order valence-electron chi connectivity index (χ2n) is 4.99. The SMILES string of the molecule is CNC(Cn1ccc(=O)cc1)c1cc(C)cc(C)c1. The van der Waals surface area contributed by atoms with E-state index in [4.69, 9.17) is 0 Å². The van der Waals surface area contributed by atoms with Crippen LogP contribution in [0.2, 0.25) is 0 Å². The van der Waals surface area contributed by atoms with Crippen molar-refractivity contribution in [3.8, 4) is 0 Å². The zero-order valence-corrected chi connectivity index (χ0v) is 11.7. The number of hydrogen-bond donors (Lipinski definition) is 1. The molecule has 0 saturated heterocycles.